The van der Waals surface area contributed by atoms with Gasteiger partial charge in [-0.1, -0.05) is 18.2 Å². The van der Waals surface area contributed by atoms with Gasteiger partial charge in [0.2, 0.25) is 12.7 Å². The van der Waals surface area contributed by atoms with Gasteiger partial charge in [0, 0.05) is 16.6 Å². The van der Waals surface area contributed by atoms with Crippen molar-refractivity contribution in [1.29, 1.82) is 0 Å². The van der Waals surface area contributed by atoms with Crippen LogP contribution in [0.4, 0.5) is 5.69 Å². The minimum Gasteiger partial charge on any atom is -0.454 e. The van der Waals surface area contributed by atoms with E-state index in [0.29, 0.717) is 5.75 Å². The lowest BCUT2D eigenvalue weighted by atomic mass is 10.1. The van der Waals surface area contributed by atoms with Crippen LogP contribution in [0.1, 0.15) is 5.56 Å². The molecule has 2 aromatic carbocycles. The molecule has 2 aliphatic rings. The highest BCUT2D eigenvalue weighted by Crippen LogP contribution is 2.38. The molecule has 0 saturated heterocycles. The lowest BCUT2D eigenvalue weighted by molar-refractivity contribution is -0.115. The molecule has 0 unspecified atom stereocenters. The summed E-state index contributed by atoms with van der Waals surface area (Å²) >= 11 is 1.62. The van der Waals surface area contributed by atoms with Gasteiger partial charge in [-0.3, -0.25) is 4.79 Å². The molecule has 21 heavy (non-hydrogen) atoms. The Bertz CT molecular complexity index is 691. The van der Waals surface area contributed by atoms with E-state index in [2.05, 4.69) is 17.4 Å². The summed E-state index contributed by atoms with van der Waals surface area (Å²) in [7, 11) is 0. The Labute approximate surface area is 126 Å². The Balaban J connectivity index is 1.47. The van der Waals surface area contributed by atoms with Crippen LogP contribution in [0.15, 0.2) is 47.4 Å². The molecule has 0 fully saturated rings. The van der Waals surface area contributed by atoms with Crippen molar-refractivity contribution in [2.45, 2.75) is 16.6 Å². The first-order valence-corrected chi connectivity index (χ1v) is 7.63. The fourth-order valence-electron chi connectivity index (χ4n) is 2.53. The van der Waals surface area contributed by atoms with E-state index in [0.717, 1.165) is 17.9 Å². The van der Waals surface area contributed by atoms with Crippen molar-refractivity contribution in [2.24, 2.45) is 0 Å². The predicted octanol–water partition coefficient (Wildman–Crippen LogP) is 3.07. The highest BCUT2D eigenvalue weighted by atomic mass is 32.2. The number of amides is 1. The Morgan fingerprint density at radius 2 is 2.00 bits per heavy atom. The van der Waals surface area contributed by atoms with E-state index < -0.39 is 0 Å². The van der Waals surface area contributed by atoms with E-state index in [1.54, 1.807) is 17.8 Å². The van der Waals surface area contributed by atoms with Crippen molar-refractivity contribution in [3.05, 3.63) is 48.0 Å². The summed E-state index contributed by atoms with van der Waals surface area (Å²) in [5, 5.41) is 2.88. The van der Waals surface area contributed by atoms with Gasteiger partial charge in [-0.15, -0.1) is 11.8 Å². The molecule has 4 rings (SSSR count). The average Bonchev–Trinajstić information content (AvgIpc) is 3.13. The molecule has 5 heteroatoms. The van der Waals surface area contributed by atoms with Crippen LogP contribution in [-0.4, -0.2) is 18.0 Å². The normalized spacial score (nSPS) is 18.4. The van der Waals surface area contributed by atoms with Crippen LogP contribution in [0, 0.1) is 0 Å². The number of thioether (sulfide) groups is 1. The Morgan fingerprint density at radius 3 is 2.90 bits per heavy atom. The number of fused-ring (bicyclic) bond motifs is 2. The monoisotopic (exact) mass is 299 g/mol. The van der Waals surface area contributed by atoms with Gasteiger partial charge >= 0.3 is 0 Å². The minimum absolute atomic E-state index is 0.0232. The second kappa shape index (κ2) is 5.00. The first-order chi connectivity index (χ1) is 10.3. The number of nitrogens with one attached hydrogen (secondary N) is 1. The third-order valence-electron chi connectivity index (χ3n) is 3.58. The molecular formula is C16H13NO3S. The molecule has 2 aromatic rings. The van der Waals surface area contributed by atoms with Gasteiger partial charge in [0.25, 0.3) is 0 Å². The summed E-state index contributed by atoms with van der Waals surface area (Å²) in [6, 6.07) is 13.6. The van der Waals surface area contributed by atoms with Gasteiger partial charge in [0.1, 0.15) is 0 Å². The van der Waals surface area contributed by atoms with Crippen molar-refractivity contribution in [3.63, 3.8) is 0 Å². The second-order valence-electron chi connectivity index (χ2n) is 4.98. The van der Waals surface area contributed by atoms with Gasteiger partial charge in [0.15, 0.2) is 11.5 Å². The van der Waals surface area contributed by atoms with Crippen molar-refractivity contribution >= 4 is 23.4 Å². The maximum Gasteiger partial charge on any atom is 0.238 e. The summed E-state index contributed by atoms with van der Waals surface area (Å²) < 4.78 is 10.6. The second-order valence-corrected chi connectivity index (χ2v) is 6.22. The summed E-state index contributed by atoms with van der Waals surface area (Å²) in [6.45, 7) is 0.237. The van der Waals surface area contributed by atoms with Gasteiger partial charge in [-0.25, -0.2) is 0 Å². The highest BCUT2D eigenvalue weighted by molar-refractivity contribution is 8.01. The Hall–Kier alpha value is -2.14. The number of rotatable bonds is 2. The lowest BCUT2D eigenvalue weighted by Crippen LogP contribution is -2.24. The topological polar surface area (TPSA) is 47.6 Å². The quantitative estimate of drug-likeness (QED) is 0.926. The molecule has 0 aromatic heterocycles. The Kier molecular flexibility index (Phi) is 3.00. The van der Waals surface area contributed by atoms with Crippen molar-refractivity contribution in [1.82, 2.24) is 0 Å². The standard InChI is InChI=1S/C16H13NO3S/c18-16(15-7-10-3-1-2-4-14(10)21-15)17-11-5-6-12-13(8-11)20-9-19-12/h1-6,8,15H,7,9H2,(H,17,18)/t15-/m1/s1. The molecule has 4 nitrogen and oxygen atoms in total. The maximum absolute atomic E-state index is 12.4. The molecule has 1 N–H and O–H groups in total. The molecule has 0 aliphatic carbocycles. The molecular weight excluding hydrogens is 286 g/mol. The number of anilines is 1. The molecule has 106 valence electrons. The maximum atomic E-state index is 12.4. The molecule has 2 heterocycles. The number of hydrogen-bond donors (Lipinski definition) is 1. The number of hydrogen-bond acceptors (Lipinski definition) is 4. The zero-order valence-corrected chi connectivity index (χ0v) is 12.0. The fourth-order valence-corrected chi connectivity index (χ4v) is 3.72. The smallest absolute Gasteiger partial charge is 0.238 e. The molecule has 0 bridgehead atoms. The molecule has 2 aliphatic heterocycles. The van der Waals surface area contributed by atoms with Crippen LogP contribution in [0.2, 0.25) is 0 Å². The lowest BCUT2D eigenvalue weighted by Gasteiger charge is -2.10. The third kappa shape index (κ3) is 2.34. The molecule has 0 radical (unpaired) electrons. The summed E-state index contributed by atoms with van der Waals surface area (Å²) in [6.07, 6.45) is 0.775. The first kappa shape index (κ1) is 12.6. The summed E-state index contributed by atoms with van der Waals surface area (Å²) in [5.41, 5.74) is 1.98. The van der Waals surface area contributed by atoms with Crippen LogP contribution in [0.5, 0.6) is 11.5 Å². The van der Waals surface area contributed by atoms with Crippen molar-refractivity contribution < 1.29 is 14.3 Å². The number of benzene rings is 2. The zero-order chi connectivity index (χ0) is 14.2. The average molecular weight is 299 g/mol. The Morgan fingerprint density at radius 1 is 1.14 bits per heavy atom. The molecule has 0 saturated carbocycles. The van der Waals surface area contributed by atoms with Crippen LogP contribution in [0.3, 0.4) is 0 Å². The van der Waals surface area contributed by atoms with E-state index in [1.807, 2.05) is 24.3 Å². The summed E-state index contributed by atoms with van der Waals surface area (Å²) in [5.74, 6) is 1.42. The van der Waals surface area contributed by atoms with Gasteiger partial charge in [-0.2, -0.15) is 0 Å². The van der Waals surface area contributed by atoms with Crippen LogP contribution in [-0.2, 0) is 11.2 Å². The van der Waals surface area contributed by atoms with Crippen LogP contribution in [0.25, 0.3) is 0 Å². The SMILES string of the molecule is O=C(Nc1ccc2c(c1)OCO2)[C@H]1Cc2ccccc2S1. The number of ether oxygens (including phenoxy) is 2. The number of carbonyl (C=O) groups is 1. The van der Waals surface area contributed by atoms with E-state index >= 15 is 0 Å². The minimum atomic E-state index is -0.0761. The molecule has 1 amide bonds. The third-order valence-corrected chi connectivity index (χ3v) is 4.90. The van der Waals surface area contributed by atoms with Crippen molar-refractivity contribution in [3.8, 4) is 11.5 Å². The van der Waals surface area contributed by atoms with E-state index in [-0.39, 0.29) is 18.0 Å². The van der Waals surface area contributed by atoms with Crippen LogP contribution >= 0.6 is 11.8 Å². The van der Waals surface area contributed by atoms with Crippen LogP contribution < -0.4 is 14.8 Å². The first-order valence-electron chi connectivity index (χ1n) is 6.75. The van der Waals surface area contributed by atoms with Gasteiger partial charge in [-0.05, 0) is 30.2 Å². The molecule has 0 spiro atoms. The fraction of sp³-hybridized carbons (Fsp3) is 0.188. The highest BCUT2D eigenvalue weighted by Gasteiger charge is 2.28. The largest absolute Gasteiger partial charge is 0.454 e. The van der Waals surface area contributed by atoms with E-state index in [9.17, 15) is 4.79 Å². The van der Waals surface area contributed by atoms with Crippen molar-refractivity contribution in [2.75, 3.05) is 12.1 Å². The summed E-state index contributed by atoms with van der Waals surface area (Å²) in [4.78, 5) is 13.6. The zero-order valence-electron chi connectivity index (χ0n) is 11.2. The number of carbonyl (C=O) groups excluding carboxylic acids is 1. The van der Waals surface area contributed by atoms with Gasteiger partial charge in [0.05, 0.1) is 5.25 Å². The predicted molar refractivity (Wildman–Crippen MR) is 81.0 cm³/mol. The van der Waals surface area contributed by atoms with E-state index in [1.165, 1.54) is 10.5 Å². The van der Waals surface area contributed by atoms with E-state index in [4.69, 9.17) is 9.47 Å². The molecule has 1 atom stereocenters. The van der Waals surface area contributed by atoms with Gasteiger partial charge < -0.3 is 14.8 Å².